The van der Waals surface area contributed by atoms with Crippen molar-refractivity contribution < 1.29 is 27.8 Å². The van der Waals surface area contributed by atoms with Gasteiger partial charge in [-0.25, -0.2) is 19.3 Å². The molecule has 0 bridgehead atoms. The minimum Gasteiger partial charge on any atom is -0.494 e. The number of likely N-dealkylation sites (tertiary alicyclic amines) is 1. The normalized spacial score (nSPS) is 15.5. The van der Waals surface area contributed by atoms with Gasteiger partial charge >= 0.3 is 0 Å². The van der Waals surface area contributed by atoms with Crippen LogP contribution >= 0.6 is 0 Å². The average molecular weight is 599 g/mol. The number of ether oxygens (including phenoxy) is 3. The lowest BCUT2D eigenvalue weighted by Gasteiger charge is -2.17. The molecule has 3 heterocycles. The number of amides is 1. The van der Waals surface area contributed by atoms with Crippen LogP contribution in [-0.4, -0.2) is 59.6 Å². The number of nitrogens with one attached hydrogen (secondary N) is 2. The first-order valence-electron chi connectivity index (χ1n) is 14.0. The monoisotopic (exact) mass is 598 g/mol. The van der Waals surface area contributed by atoms with Gasteiger partial charge in [-0.1, -0.05) is 0 Å². The molecule has 6 rings (SSSR count). The van der Waals surface area contributed by atoms with Crippen LogP contribution < -0.4 is 24.8 Å². The highest BCUT2D eigenvalue weighted by Gasteiger charge is 2.22. The number of nitrogens with zero attached hydrogens (tertiary/aromatic N) is 4. The number of aromatic nitrogens is 3. The minimum absolute atomic E-state index is 0.115. The lowest BCUT2D eigenvalue weighted by atomic mass is 10.1. The van der Waals surface area contributed by atoms with Gasteiger partial charge in [-0.05, 0) is 69.3 Å². The number of methoxy groups -OCH3 is 2. The number of benzene rings is 3. The Morgan fingerprint density at radius 3 is 2.61 bits per heavy atom. The van der Waals surface area contributed by atoms with Crippen LogP contribution in [0.4, 0.5) is 21.6 Å². The topological polar surface area (TPSA) is 124 Å². The van der Waals surface area contributed by atoms with Gasteiger partial charge in [-0.2, -0.15) is 0 Å². The van der Waals surface area contributed by atoms with E-state index in [1.54, 1.807) is 31.4 Å². The molecule has 1 saturated heterocycles. The fourth-order valence-corrected chi connectivity index (χ4v) is 5.22. The Morgan fingerprint density at radius 2 is 1.84 bits per heavy atom. The van der Waals surface area contributed by atoms with Gasteiger partial charge in [0.15, 0.2) is 17.8 Å². The number of carbonyl (C=O) groups excluding carboxylic acids is 1. The second-order valence-electron chi connectivity index (χ2n) is 10.5. The summed E-state index contributed by atoms with van der Waals surface area (Å²) in [7, 11) is 4.94. The van der Waals surface area contributed by atoms with Crippen LogP contribution in [0.5, 0.6) is 23.0 Å². The van der Waals surface area contributed by atoms with E-state index >= 15 is 0 Å². The molecule has 1 fully saturated rings. The fraction of sp³-hybridized carbons (Fsp3) is 0.250. The number of hydrogen-bond donors (Lipinski definition) is 2. The largest absolute Gasteiger partial charge is 0.494 e. The summed E-state index contributed by atoms with van der Waals surface area (Å²) in [5.74, 6) is 0.753. The molecule has 0 spiro atoms. The molecule has 0 radical (unpaired) electrons. The van der Waals surface area contributed by atoms with Crippen LogP contribution in [-0.2, 0) is 4.79 Å². The Balaban J connectivity index is 1.28. The standard InChI is InChI=1S/C32H31FN6O5/c1-18-10-25(29(42-4)15-27(18)44-20-7-8-23-30(12-20)43-17-36-23)37-31-21-13-26(28(41-3)14-24(21)34-16-35-31)38-32(40)22(33)11-19-6-5-9-39(19)2/h7-8,10-17,19H,5-6,9H2,1-4H3,(H,38,40)(H,34,35,37). The van der Waals surface area contributed by atoms with Crippen LogP contribution in [0.3, 0.4) is 0 Å². The van der Waals surface area contributed by atoms with Crippen LogP contribution in [0, 0.1) is 6.92 Å². The van der Waals surface area contributed by atoms with E-state index in [1.165, 1.54) is 25.9 Å². The second kappa shape index (κ2) is 12.2. The predicted molar refractivity (Wildman–Crippen MR) is 165 cm³/mol. The van der Waals surface area contributed by atoms with Gasteiger partial charge in [0, 0.05) is 29.6 Å². The molecule has 12 heteroatoms. The van der Waals surface area contributed by atoms with Gasteiger partial charge in [-0.3, -0.25) is 9.69 Å². The zero-order valence-electron chi connectivity index (χ0n) is 24.7. The molecular formula is C32H31FN6O5. The van der Waals surface area contributed by atoms with Gasteiger partial charge in [0.05, 0.1) is 31.1 Å². The third-order valence-corrected chi connectivity index (χ3v) is 7.62. The van der Waals surface area contributed by atoms with E-state index in [1.807, 2.05) is 37.1 Å². The van der Waals surface area contributed by atoms with Gasteiger partial charge in [-0.15, -0.1) is 0 Å². The maximum Gasteiger partial charge on any atom is 0.284 e. The van der Waals surface area contributed by atoms with Crippen LogP contribution in [0.15, 0.2) is 71.5 Å². The van der Waals surface area contributed by atoms with Crippen LogP contribution in [0.25, 0.3) is 22.0 Å². The first-order chi connectivity index (χ1) is 21.3. The lowest BCUT2D eigenvalue weighted by molar-refractivity contribution is -0.114. The number of anilines is 3. The second-order valence-corrected chi connectivity index (χ2v) is 10.5. The zero-order valence-corrected chi connectivity index (χ0v) is 24.7. The molecule has 1 aliphatic rings. The van der Waals surface area contributed by atoms with Crippen LogP contribution in [0.2, 0.25) is 0 Å². The SMILES string of the molecule is COc1cc2ncnc(Nc3cc(C)c(Oc4ccc5ncoc5c4)cc3OC)c2cc1NC(=O)C(F)=CC1CCCN1C. The van der Waals surface area contributed by atoms with Gasteiger partial charge in [0.2, 0.25) is 0 Å². The van der Waals surface area contributed by atoms with Crippen molar-refractivity contribution in [2.75, 3.05) is 38.4 Å². The molecule has 1 atom stereocenters. The smallest absolute Gasteiger partial charge is 0.284 e. The van der Waals surface area contributed by atoms with Gasteiger partial charge in [0.25, 0.3) is 5.91 Å². The molecule has 0 aliphatic carbocycles. The Bertz CT molecular complexity index is 1890. The average Bonchev–Trinajstić information content (AvgIpc) is 3.66. The van der Waals surface area contributed by atoms with Gasteiger partial charge in [0.1, 0.15) is 40.7 Å². The molecule has 11 nitrogen and oxygen atoms in total. The van der Waals surface area contributed by atoms with Crippen LogP contribution in [0.1, 0.15) is 18.4 Å². The quantitative estimate of drug-likeness (QED) is 0.181. The van der Waals surface area contributed by atoms with Crippen molar-refractivity contribution in [1.82, 2.24) is 19.9 Å². The first-order valence-corrected chi connectivity index (χ1v) is 14.0. The number of rotatable bonds is 9. The van der Waals surface area contributed by atoms with Crippen molar-refractivity contribution in [3.63, 3.8) is 0 Å². The molecule has 2 aromatic heterocycles. The summed E-state index contributed by atoms with van der Waals surface area (Å²) < 4.78 is 37.6. The molecule has 3 aromatic carbocycles. The third kappa shape index (κ3) is 5.84. The van der Waals surface area contributed by atoms with Crippen molar-refractivity contribution in [3.8, 4) is 23.0 Å². The highest BCUT2D eigenvalue weighted by molar-refractivity contribution is 6.05. The number of aryl methyl sites for hydroxylation is 1. The Hall–Kier alpha value is -5.23. The number of oxazole rings is 1. The molecule has 0 saturated carbocycles. The summed E-state index contributed by atoms with van der Waals surface area (Å²) in [5, 5.41) is 6.53. The minimum atomic E-state index is -0.857. The Morgan fingerprint density at radius 1 is 1.02 bits per heavy atom. The lowest BCUT2D eigenvalue weighted by Crippen LogP contribution is -2.24. The van der Waals surface area contributed by atoms with E-state index in [2.05, 4.69) is 25.6 Å². The van der Waals surface area contributed by atoms with Crippen molar-refractivity contribution >= 4 is 45.1 Å². The molecule has 1 aliphatic heterocycles. The summed E-state index contributed by atoms with van der Waals surface area (Å²) in [6.07, 6.45) is 5.93. The van der Waals surface area contributed by atoms with E-state index in [9.17, 15) is 9.18 Å². The Labute approximate surface area is 252 Å². The van der Waals surface area contributed by atoms with Crippen molar-refractivity contribution in [2.45, 2.75) is 25.8 Å². The van der Waals surface area contributed by atoms with E-state index in [0.717, 1.165) is 30.5 Å². The molecule has 44 heavy (non-hydrogen) atoms. The number of carbonyl (C=O) groups is 1. The molecular weight excluding hydrogens is 567 g/mol. The summed E-state index contributed by atoms with van der Waals surface area (Å²) in [6, 6.07) is 12.3. The van der Waals surface area contributed by atoms with Crippen molar-refractivity contribution in [3.05, 3.63) is 72.7 Å². The molecule has 226 valence electrons. The Kier molecular flexibility index (Phi) is 7.99. The molecule has 1 unspecified atom stereocenters. The van der Waals surface area contributed by atoms with E-state index in [0.29, 0.717) is 51.0 Å². The fourth-order valence-electron chi connectivity index (χ4n) is 5.22. The molecule has 5 aromatic rings. The number of hydrogen-bond acceptors (Lipinski definition) is 10. The molecule has 2 N–H and O–H groups in total. The first kappa shape index (κ1) is 28.9. The van der Waals surface area contributed by atoms with E-state index in [4.69, 9.17) is 18.6 Å². The zero-order chi connectivity index (χ0) is 30.8. The summed E-state index contributed by atoms with van der Waals surface area (Å²) >= 11 is 0. The summed E-state index contributed by atoms with van der Waals surface area (Å²) in [6.45, 7) is 2.78. The summed E-state index contributed by atoms with van der Waals surface area (Å²) in [5.41, 5.74) is 3.64. The van der Waals surface area contributed by atoms with E-state index < -0.39 is 11.7 Å². The number of likely N-dealkylation sites (N-methyl/N-ethyl adjacent to an activating group) is 1. The highest BCUT2D eigenvalue weighted by atomic mass is 19.1. The highest BCUT2D eigenvalue weighted by Crippen LogP contribution is 2.39. The third-order valence-electron chi connectivity index (χ3n) is 7.62. The van der Waals surface area contributed by atoms with Crippen molar-refractivity contribution in [1.29, 1.82) is 0 Å². The maximum atomic E-state index is 14.9. The van der Waals surface area contributed by atoms with Crippen molar-refractivity contribution in [2.24, 2.45) is 0 Å². The predicted octanol–water partition coefficient (Wildman–Crippen LogP) is 6.52. The number of halogens is 1. The molecule has 1 amide bonds. The summed E-state index contributed by atoms with van der Waals surface area (Å²) in [4.78, 5) is 27.8. The maximum absolute atomic E-state index is 14.9. The number of fused-ring (bicyclic) bond motifs is 2. The van der Waals surface area contributed by atoms with E-state index in [-0.39, 0.29) is 11.7 Å². The van der Waals surface area contributed by atoms with Gasteiger partial charge < -0.3 is 29.3 Å².